The van der Waals surface area contributed by atoms with Crippen LogP contribution in [0.25, 0.3) is 0 Å². The number of carbonyl (C=O) groups is 2. The van der Waals surface area contributed by atoms with Crippen LogP contribution in [0.4, 0.5) is 0 Å². The van der Waals surface area contributed by atoms with Gasteiger partial charge in [0, 0.05) is 7.05 Å². The Morgan fingerprint density at radius 1 is 1.00 bits per heavy atom. The second-order valence-electron chi connectivity index (χ2n) is 4.78. The molecule has 15 heavy (non-hydrogen) atoms. The molecule has 0 radical (unpaired) electrons. The van der Waals surface area contributed by atoms with Crippen LogP contribution in [0.2, 0.25) is 0 Å². The lowest BCUT2D eigenvalue weighted by atomic mass is 9.79. The van der Waals surface area contributed by atoms with Crippen molar-refractivity contribution in [1.82, 2.24) is 10.4 Å². The zero-order valence-corrected chi connectivity index (χ0v) is 10.1. The summed E-state index contributed by atoms with van der Waals surface area (Å²) in [5.41, 5.74) is 2.67. The minimum absolute atomic E-state index is 0.0869. The van der Waals surface area contributed by atoms with Crippen LogP contribution in [0.1, 0.15) is 27.7 Å². The van der Waals surface area contributed by atoms with E-state index >= 15 is 0 Å². The number of imide groups is 1. The molecule has 1 saturated heterocycles. The first kappa shape index (κ1) is 12.2. The Labute approximate surface area is 91.0 Å². The second-order valence-corrected chi connectivity index (χ2v) is 4.78. The largest absolute Gasteiger partial charge is 0.273 e. The topological polar surface area (TPSA) is 49.4 Å². The molecule has 2 unspecified atom stereocenters. The number of hydrazine groups is 1. The fourth-order valence-electron chi connectivity index (χ4n) is 2.33. The summed E-state index contributed by atoms with van der Waals surface area (Å²) in [6.45, 7) is 7.96. The highest BCUT2D eigenvalue weighted by atomic mass is 16.2. The molecule has 1 fully saturated rings. The van der Waals surface area contributed by atoms with Crippen LogP contribution >= 0.6 is 0 Å². The molecule has 86 valence electrons. The molecular formula is C11H20N2O2. The van der Waals surface area contributed by atoms with Crippen LogP contribution in [-0.4, -0.2) is 23.9 Å². The highest BCUT2D eigenvalue weighted by molar-refractivity contribution is 6.04. The molecule has 0 aliphatic carbocycles. The van der Waals surface area contributed by atoms with E-state index in [0.717, 1.165) is 5.01 Å². The summed E-state index contributed by atoms with van der Waals surface area (Å²) in [6, 6.07) is 0. The molecular weight excluding hydrogens is 192 g/mol. The summed E-state index contributed by atoms with van der Waals surface area (Å²) in [5.74, 6) is -0.123. The standard InChI is InChI=1S/C11H20N2O2/c1-6(2)8-9(7(3)4)11(15)13(12-5)10(8)14/h6-9,12H,1-5H3. The van der Waals surface area contributed by atoms with Crippen LogP contribution in [-0.2, 0) is 9.59 Å². The fourth-order valence-corrected chi connectivity index (χ4v) is 2.33. The van der Waals surface area contributed by atoms with Crippen molar-refractivity contribution in [3.63, 3.8) is 0 Å². The van der Waals surface area contributed by atoms with Gasteiger partial charge in [0.1, 0.15) is 0 Å². The van der Waals surface area contributed by atoms with Gasteiger partial charge in [-0.15, -0.1) is 0 Å². The summed E-state index contributed by atoms with van der Waals surface area (Å²) in [4.78, 5) is 23.9. The van der Waals surface area contributed by atoms with E-state index in [1.165, 1.54) is 0 Å². The number of nitrogens with zero attached hydrogens (tertiary/aromatic N) is 1. The number of hydrogen-bond acceptors (Lipinski definition) is 3. The maximum atomic E-state index is 11.9. The average Bonchev–Trinajstić information content (AvgIpc) is 2.37. The number of amides is 2. The Morgan fingerprint density at radius 3 is 1.53 bits per heavy atom. The predicted octanol–water partition coefficient (Wildman–Crippen LogP) is 1.03. The maximum absolute atomic E-state index is 11.9. The van der Waals surface area contributed by atoms with Crippen LogP contribution in [0.5, 0.6) is 0 Å². The van der Waals surface area contributed by atoms with Crippen molar-refractivity contribution in [2.24, 2.45) is 23.7 Å². The molecule has 0 aromatic carbocycles. The van der Waals surface area contributed by atoms with Crippen LogP contribution in [0.15, 0.2) is 0 Å². The molecule has 1 aliphatic rings. The monoisotopic (exact) mass is 212 g/mol. The van der Waals surface area contributed by atoms with Crippen molar-refractivity contribution in [3.8, 4) is 0 Å². The summed E-state index contributed by atoms with van der Waals surface area (Å²) >= 11 is 0. The number of carbonyl (C=O) groups excluding carboxylic acids is 2. The quantitative estimate of drug-likeness (QED) is 0.711. The van der Waals surface area contributed by atoms with Crippen molar-refractivity contribution < 1.29 is 9.59 Å². The molecule has 1 N–H and O–H groups in total. The van der Waals surface area contributed by atoms with Gasteiger partial charge < -0.3 is 0 Å². The summed E-state index contributed by atoms with van der Waals surface area (Å²) in [5, 5.41) is 1.16. The minimum atomic E-state index is -0.176. The van der Waals surface area contributed by atoms with Gasteiger partial charge in [0.2, 0.25) is 11.8 Å². The van der Waals surface area contributed by atoms with E-state index in [1.807, 2.05) is 27.7 Å². The summed E-state index contributed by atoms with van der Waals surface area (Å²) < 4.78 is 0. The van der Waals surface area contributed by atoms with Gasteiger partial charge in [-0.2, -0.15) is 0 Å². The van der Waals surface area contributed by atoms with Crippen molar-refractivity contribution >= 4 is 11.8 Å². The van der Waals surface area contributed by atoms with Gasteiger partial charge in [0.25, 0.3) is 0 Å². The first-order valence-electron chi connectivity index (χ1n) is 5.47. The maximum Gasteiger partial charge on any atom is 0.247 e. The van der Waals surface area contributed by atoms with Gasteiger partial charge in [-0.3, -0.25) is 9.59 Å². The third kappa shape index (κ3) is 1.91. The lowest BCUT2D eigenvalue weighted by Crippen LogP contribution is -2.41. The zero-order valence-electron chi connectivity index (χ0n) is 10.1. The molecule has 1 aliphatic heterocycles. The third-order valence-electron chi connectivity index (χ3n) is 3.06. The van der Waals surface area contributed by atoms with E-state index < -0.39 is 0 Å². The van der Waals surface area contributed by atoms with E-state index in [1.54, 1.807) is 7.05 Å². The number of rotatable bonds is 3. The first-order valence-corrected chi connectivity index (χ1v) is 5.47. The molecule has 0 spiro atoms. The average molecular weight is 212 g/mol. The molecule has 4 nitrogen and oxygen atoms in total. The lowest BCUT2D eigenvalue weighted by molar-refractivity contribution is -0.143. The van der Waals surface area contributed by atoms with Crippen LogP contribution < -0.4 is 5.43 Å². The highest BCUT2D eigenvalue weighted by Crippen LogP contribution is 2.35. The smallest absolute Gasteiger partial charge is 0.247 e. The van der Waals surface area contributed by atoms with Crippen LogP contribution in [0, 0.1) is 23.7 Å². The Hall–Kier alpha value is -0.900. The van der Waals surface area contributed by atoms with E-state index in [4.69, 9.17) is 0 Å². The molecule has 1 heterocycles. The van der Waals surface area contributed by atoms with E-state index in [-0.39, 0.29) is 35.5 Å². The minimum Gasteiger partial charge on any atom is -0.273 e. The van der Waals surface area contributed by atoms with Gasteiger partial charge in [-0.1, -0.05) is 27.7 Å². The summed E-state index contributed by atoms with van der Waals surface area (Å²) in [6.07, 6.45) is 0. The van der Waals surface area contributed by atoms with Gasteiger partial charge in [0.15, 0.2) is 0 Å². The first-order chi connectivity index (χ1) is 6.91. The van der Waals surface area contributed by atoms with Gasteiger partial charge in [-0.05, 0) is 11.8 Å². The van der Waals surface area contributed by atoms with E-state index in [9.17, 15) is 9.59 Å². The summed E-state index contributed by atoms with van der Waals surface area (Å²) in [7, 11) is 1.61. The number of nitrogens with one attached hydrogen (secondary N) is 1. The van der Waals surface area contributed by atoms with Crippen LogP contribution in [0.3, 0.4) is 0 Å². The molecule has 0 bridgehead atoms. The predicted molar refractivity (Wildman–Crippen MR) is 57.6 cm³/mol. The highest BCUT2D eigenvalue weighted by Gasteiger charge is 2.49. The Morgan fingerprint density at radius 2 is 1.33 bits per heavy atom. The Bertz CT molecular complexity index is 248. The third-order valence-corrected chi connectivity index (χ3v) is 3.06. The van der Waals surface area contributed by atoms with Crippen molar-refractivity contribution in [3.05, 3.63) is 0 Å². The van der Waals surface area contributed by atoms with E-state index in [0.29, 0.717) is 0 Å². The molecule has 2 amide bonds. The second kappa shape index (κ2) is 4.31. The van der Waals surface area contributed by atoms with Crippen molar-refractivity contribution in [2.45, 2.75) is 27.7 Å². The number of hydrogen-bond donors (Lipinski definition) is 1. The van der Waals surface area contributed by atoms with Gasteiger partial charge >= 0.3 is 0 Å². The van der Waals surface area contributed by atoms with Crippen molar-refractivity contribution in [2.75, 3.05) is 7.05 Å². The zero-order chi connectivity index (χ0) is 11.7. The molecule has 2 atom stereocenters. The molecule has 0 aromatic rings. The Kier molecular flexibility index (Phi) is 3.50. The Balaban J connectivity index is 3.03. The lowest BCUT2D eigenvalue weighted by Gasteiger charge is -2.21. The molecule has 0 aromatic heterocycles. The van der Waals surface area contributed by atoms with E-state index in [2.05, 4.69) is 5.43 Å². The SMILES string of the molecule is CNN1C(=O)C(C(C)C)C(C(C)C)C1=O. The van der Waals surface area contributed by atoms with Crippen molar-refractivity contribution in [1.29, 1.82) is 0 Å². The molecule has 4 heteroatoms. The molecule has 0 saturated carbocycles. The normalized spacial score (nSPS) is 27.3. The van der Waals surface area contributed by atoms with Gasteiger partial charge in [-0.25, -0.2) is 10.4 Å². The van der Waals surface area contributed by atoms with Gasteiger partial charge in [0.05, 0.1) is 11.8 Å². The fraction of sp³-hybridized carbons (Fsp3) is 0.818. The molecule has 1 rings (SSSR count).